The van der Waals surface area contributed by atoms with E-state index in [0.29, 0.717) is 11.7 Å². The number of rotatable bonds is 4. The van der Waals surface area contributed by atoms with Crippen molar-refractivity contribution in [3.05, 3.63) is 42.2 Å². The van der Waals surface area contributed by atoms with Crippen molar-refractivity contribution < 1.29 is 4.74 Å². The minimum atomic E-state index is 0.467. The summed E-state index contributed by atoms with van der Waals surface area (Å²) in [4.78, 5) is 7.94. The number of nitrogens with zero attached hydrogens (tertiary/aromatic N) is 2. The van der Waals surface area contributed by atoms with E-state index in [9.17, 15) is 0 Å². The van der Waals surface area contributed by atoms with Crippen LogP contribution in [0.15, 0.2) is 36.7 Å². The lowest BCUT2D eigenvalue weighted by Crippen LogP contribution is -2.08. The standard InChI is InChI=1S/C12H14N4O/c1-2-9-5-3-4-6-10(9)17-12-7-11(16-13)14-8-15-12/h3-8H,2,13H2,1H3,(H,14,15,16). The smallest absolute Gasteiger partial charge is 0.224 e. The molecule has 17 heavy (non-hydrogen) atoms. The van der Waals surface area contributed by atoms with E-state index in [1.807, 2.05) is 24.3 Å². The third-order valence-electron chi connectivity index (χ3n) is 2.36. The summed E-state index contributed by atoms with van der Waals surface area (Å²) in [7, 11) is 0. The average molecular weight is 230 g/mol. The molecule has 0 amide bonds. The number of para-hydroxylation sites is 1. The van der Waals surface area contributed by atoms with Crippen molar-refractivity contribution in [3.8, 4) is 11.6 Å². The van der Waals surface area contributed by atoms with E-state index in [1.165, 1.54) is 6.33 Å². The summed E-state index contributed by atoms with van der Waals surface area (Å²) in [5.41, 5.74) is 3.58. The van der Waals surface area contributed by atoms with E-state index >= 15 is 0 Å². The molecule has 2 aromatic rings. The molecule has 0 saturated carbocycles. The number of ether oxygens (including phenoxy) is 1. The topological polar surface area (TPSA) is 73.1 Å². The van der Waals surface area contributed by atoms with Gasteiger partial charge in [0.05, 0.1) is 0 Å². The van der Waals surface area contributed by atoms with Crippen LogP contribution in [0, 0.1) is 0 Å². The zero-order valence-electron chi connectivity index (χ0n) is 9.55. The lowest BCUT2D eigenvalue weighted by atomic mass is 10.1. The first-order valence-corrected chi connectivity index (χ1v) is 5.38. The molecule has 1 heterocycles. The van der Waals surface area contributed by atoms with Crippen LogP contribution in [-0.4, -0.2) is 9.97 Å². The summed E-state index contributed by atoms with van der Waals surface area (Å²) in [6, 6.07) is 9.50. The number of anilines is 1. The minimum absolute atomic E-state index is 0.467. The number of nitrogen functional groups attached to an aromatic ring is 1. The van der Waals surface area contributed by atoms with E-state index in [4.69, 9.17) is 10.6 Å². The molecule has 0 unspecified atom stereocenters. The third kappa shape index (κ3) is 2.70. The fraction of sp³-hybridized carbons (Fsp3) is 0.167. The minimum Gasteiger partial charge on any atom is -0.439 e. The zero-order valence-corrected chi connectivity index (χ0v) is 9.55. The Bertz CT molecular complexity index is 501. The van der Waals surface area contributed by atoms with Crippen LogP contribution in [0.2, 0.25) is 0 Å². The van der Waals surface area contributed by atoms with Crippen LogP contribution in [-0.2, 0) is 6.42 Å². The Morgan fingerprint density at radius 2 is 2.12 bits per heavy atom. The maximum atomic E-state index is 5.70. The number of nitrogens with one attached hydrogen (secondary N) is 1. The Morgan fingerprint density at radius 3 is 2.88 bits per heavy atom. The van der Waals surface area contributed by atoms with Gasteiger partial charge in [0.25, 0.3) is 0 Å². The molecule has 0 aliphatic heterocycles. The van der Waals surface area contributed by atoms with Crippen molar-refractivity contribution in [1.82, 2.24) is 9.97 Å². The summed E-state index contributed by atoms with van der Waals surface area (Å²) in [6.45, 7) is 2.08. The molecule has 2 rings (SSSR count). The maximum Gasteiger partial charge on any atom is 0.224 e. The van der Waals surface area contributed by atoms with Gasteiger partial charge in [0, 0.05) is 6.07 Å². The highest BCUT2D eigenvalue weighted by Gasteiger charge is 2.04. The highest BCUT2D eigenvalue weighted by atomic mass is 16.5. The first kappa shape index (κ1) is 11.3. The molecule has 1 aromatic carbocycles. The number of hydrazine groups is 1. The fourth-order valence-corrected chi connectivity index (χ4v) is 1.48. The Labute approximate surface area is 99.6 Å². The molecular formula is C12H14N4O. The lowest BCUT2D eigenvalue weighted by molar-refractivity contribution is 0.456. The van der Waals surface area contributed by atoms with Crippen LogP contribution in [0.1, 0.15) is 12.5 Å². The second-order valence-electron chi connectivity index (χ2n) is 3.45. The van der Waals surface area contributed by atoms with Gasteiger partial charge in [0.15, 0.2) is 0 Å². The Morgan fingerprint density at radius 1 is 1.29 bits per heavy atom. The summed E-state index contributed by atoms with van der Waals surface area (Å²) >= 11 is 0. The van der Waals surface area contributed by atoms with Crippen molar-refractivity contribution in [1.29, 1.82) is 0 Å². The largest absolute Gasteiger partial charge is 0.439 e. The van der Waals surface area contributed by atoms with E-state index < -0.39 is 0 Å². The molecule has 0 atom stereocenters. The Balaban J connectivity index is 2.24. The Hall–Kier alpha value is -2.14. The predicted octanol–water partition coefficient (Wildman–Crippen LogP) is 2.12. The quantitative estimate of drug-likeness (QED) is 0.621. The van der Waals surface area contributed by atoms with E-state index in [-0.39, 0.29) is 0 Å². The molecule has 5 heteroatoms. The van der Waals surface area contributed by atoms with Crippen molar-refractivity contribution in [2.75, 3.05) is 5.43 Å². The van der Waals surface area contributed by atoms with Crippen molar-refractivity contribution in [2.24, 2.45) is 5.84 Å². The van der Waals surface area contributed by atoms with Crippen LogP contribution in [0.3, 0.4) is 0 Å². The van der Waals surface area contributed by atoms with Gasteiger partial charge in [-0.25, -0.2) is 15.8 Å². The summed E-state index contributed by atoms with van der Waals surface area (Å²) in [5.74, 6) is 7.06. The van der Waals surface area contributed by atoms with Crippen molar-refractivity contribution in [3.63, 3.8) is 0 Å². The van der Waals surface area contributed by atoms with Crippen molar-refractivity contribution in [2.45, 2.75) is 13.3 Å². The van der Waals surface area contributed by atoms with Gasteiger partial charge in [0.1, 0.15) is 17.9 Å². The molecule has 88 valence electrons. The third-order valence-corrected chi connectivity index (χ3v) is 2.36. The highest BCUT2D eigenvalue weighted by Crippen LogP contribution is 2.24. The molecule has 0 saturated heterocycles. The SMILES string of the molecule is CCc1ccccc1Oc1cc(NN)ncn1. The first-order chi connectivity index (χ1) is 8.33. The van der Waals surface area contributed by atoms with Gasteiger partial charge in [-0.3, -0.25) is 0 Å². The number of aromatic nitrogens is 2. The van der Waals surface area contributed by atoms with Gasteiger partial charge in [-0.2, -0.15) is 0 Å². The van der Waals surface area contributed by atoms with Gasteiger partial charge >= 0.3 is 0 Å². The van der Waals surface area contributed by atoms with Crippen molar-refractivity contribution >= 4 is 5.82 Å². The summed E-state index contributed by atoms with van der Waals surface area (Å²) < 4.78 is 5.70. The molecule has 5 nitrogen and oxygen atoms in total. The van der Waals surface area contributed by atoms with Crippen LogP contribution in [0.5, 0.6) is 11.6 Å². The molecule has 0 aliphatic rings. The van der Waals surface area contributed by atoms with Gasteiger partial charge in [0.2, 0.25) is 5.88 Å². The number of benzene rings is 1. The van der Waals surface area contributed by atoms with Crippen LogP contribution in [0.4, 0.5) is 5.82 Å². The Kier molecular flexibility index (Phi) is 3.52. The molecule has 3 N–H and O–H groups in total. The van der Waals surface area contributed by atoms with Gasteiger partial charge < -0.3 is 10.2 Å². The second kappa shape index (κ2) is 5.27. The molecule has 0 bridgehead atoms. The second-order valence-corrected chi connectivity index (χ2v) is 3.45. The number of hydrogen-bond donors (Lipinski definition) is 2. The normalized spacial score (nSPS) is 10.0. The zero-order chi connectivity index (χ0) is 12.1. The lowest BCUT2D eigenvalue weighted by Gasteiger charge is -2.09. The molecule has 0 aliphatic carbocycles. The predicted molar refractivity (Wildman–Crippen MR) is 65.7 cm³/mol. The van der Waals surface area contributed by atoms with Crippen LogP contribution in [0.25, 0.3) is 0 Å². The van der Waals surface area contributed by atoms with E-state index in [1.54, 1.807) is 6.07 Å². The van der Waals surface area contributed by atoms with Gasteiger partial charge in [-0.1, -0.05) is 25.1 Å². The molecule has 0 spiro atoms. The highest BCUT2D eigenvalue weighted by molar-refractivity contribution is 5.40. The fourth-order valence-electron chi connectivity index (χ4n) is 1.48. The van der Waals surface area contributed by atoms with Crippen LogP contribution >= 0.6 is 0 Å². The van der Waals surface area contributed by atoms with Gasteiger partial charge in [-0.15, -0.1) is 0 Å². The average Bonchev–Trinajstić information content (AvgIpc) is 2.39. The molecule has 0 radical (unpaired) electrons. The van der Waals surface area contributed by atoms with E-state index in [2.05, 4.69) is 22.3 Å². The summed E-state index contributed by atoms with van der Waals surface area (Å²) in [6.07, 6.45) is 2.31. The molecule has 0 fully saturated rings. The number of nitrogens with two attached hydrogens (primary N) is 1. The monoisotopic (exact) mass is 230 g/mol. The number of aryl methyl sites for hydroxylation is 1. The number of hydrogen-bond acceptors (Lipinski definition) is 5. The summed E-state index contributed by atoms with van der Waals surface area (Å²) in [5, 5.41) is 0. The van der Waals surface area contributed by atoms with E-state index in [0.717, 1.165) is 17.7 Å². The van der Waals surface area contributed by atoms with Gasteiger partial charge in [-0.05, 0) is 18.1 Å². The van der Waals surface area contributed by atoms with Crippen LogP contribution < -0.4 is 16.0 Å². The molecule has 1 aromatic heterocycles. The molecular weight excluding hydrogens is 216 g/mol. The maximum absolute atomic E-state index is 5.70. The first-order valence-electron chi connectivity index (χ1n) is 5.38.